The summed E-state index contributed by atoms with van der Waals surface area (Å²) in [6, 6.07) is 2.24. The molecule has 1 aliphatic carbocycles. The van der Waals surface area contributed by atoms with Gasteiger partial charge in [-0.15, -0.1) is 0 Å². The van der Waals surface area contributed by atoms with Gasteiger partial charge in [0, 0.05) is 24.8 Å². The summed E-state index contributed by atoms with van der Waals surface area (Å²) in [4.78, 5) is 0.147. The molecule has 2 heterocycles. The van der Waals surface area contributed by atoms with Crippen molar-refractivity contribution in [1.82, 2.24) is 25.0 Å². The largest absolute Gasteiger partial charge is 0.360 e. The van der Waals surface area contributed by atoms with E-state index in [2.05, 4.69) is 20.3 Å². The van der Waals surface area contributed by atoms with Gasteiger partial charge >= 0.3 is 0 Å². The number of aromatic nitrogens is 3. The third-order valence-electron chi connectivity index (χ3n) is 3.20. The van der Waals surface area contributed by atoms with Crippen molar-refractivity contribution in [2.24, 2.45) is 0 Å². The van der Waals surface area contributed by atoms with Crippen LogP contribution < -0.4 is 10.0 Å². The Bertz CT molecular complexity index is 676. The van der Waals surface area contributed by atoms with E-state index >= 15 is 0 Å². The summed E-state index contributed by atoms with van der Waals surface area (Å²) in [6.45, 7) is 1.50. The predicted octanol–water partition coefficient (Wildman–Crippen LogP) is 0.102. The zero-order valence-electron chi connectivity index (χ0n) is 11.4. The quantitative estimate of drug-likeness (QED) is 0.717. The van der Waals surface area contributed by atoms with Gasteiger partial charge in [0.2, 0.25) is 10.0 Å². The molecule has 2 N–H and O–H groups in total. The molecule has 0 unspecified atom stereocenters. The second kappa shape index (κ2) is 5.96. The molecule has 0 aromatic carbocycles. The van der Waals surface area contributed by atoms with E-state index in [0.717, 1.165) is 6.54 Å². The zero-order valence-corrected chi connectivity index (χ0v) is 12.2. The van der Waals surface area contributed by atoms with Crippen LogP contribution in [0.1, 0.15) is 18.6 Å². The van der Waals surface area contributed by atoms with Gasteiger partial charge in [-0.05, 0) is 12.8 Å². The summed E-state index contributed by atoms with van der Waals surface area (Å²) >= 11 is 0. The fourth-order valence-electron chi connectivity index (χ4n) is 1.86. The molecule has 0 saturated heterocycles. The summed E-state index contributed by atoms with van der Waals surface area (Å²) < 4.78 is 33.1. The van der Waals surface area contributed by atoms with Crippen molar-refractivity contribution < 1.29 is 12.9 Å². The van der Waals surface area contributed by atoms with Crippen molar-refractivity contribution >= 4 is 10.0 Å². The van der Waals surface area contributed by atoms with E-state index in [4.69, 9.17) is 4.52 Å². The van der Waals surface area contributed by atoms with Gasteiger partial charge in [0.15, 0.2) is 5.76 Å². The van der Waals surface area contributed by atoms with Crippen LogP contribution >= 0.6 is 0 Å². The Labute approximate surface area is 122 Å². The first kappa shape index (κ1) is 14.2. The van der Waals surface area contributed by atoms with Crippen molar-refractivity contribution in [2.75, 3.05) is 6.54 Å². The predicted molar refractivity (Wildman–Crippen MR) is 73.8 cm³/mol. The highest BCUT2D eigenvalue weighted by Gasteiger charge is 2.20. The van der Waals surface area contributed by atoms with Crippen molar-refractivity contribution in [2.45, 2.75) is 36.9 Å². The lowest BCUT2D eigenvalue weighted by molar-refractivity contribution is 0.380. The van der Waals surface area contributed by atoms with E-state index in [9.17, 15) is 8.42 Å². The Balaban J connectivity index is 1.55. The number of sulfonamides is 1. The lowest BCUT2D eigenvalue weighted by Gasteiger charge is -2.03. The third kappa shape index (κ3) is 3.90. The van der Waals surface area contributed by atoms with Crippen LogP contribution in [0.4, 0.5) is 0 Å². The number of hydrogen-bond donors (Lipinski definition) is 2. The van der Waals surface area contributed by atoms with Gasteiger partial charge in [-0.3, -0.25) is 4.68 Å². The molecule has 1 saturated carbocycles. The molecule has 0 radical (unpaired) electrons. The first-order chi connectivity index (χ1) is 10.1. The molecule has 114 valence electrons. The van der Waals surface area contributed by atoms with E-state index < -0.39 is 10.0 Å². The Morgan fingerprint density at radius 2 is 2.29 bits per heavy atom. The summed E-state index contributed by atoms with van der Waals surface area (Å²) in [7, 11) is -3.59. The molecule has 0 aliphatic heterocycles. The lowest BCUT2D eigenvalue weighted by Crippen LogP contribution is -2.23. The second-order valence-electron chi connectivity index (χ2n) is 4.97. The number of rotatable bonds is 8. The summed E-state index contributed by atoms with van der Waals surface area (Å²) in [5, 5.41) is 10.9. The SMILES string of the molecule is O=S(=O)(NCc1ccno1)c1cnn(CCNC2CC2)c1. The van der Waals surface area contributed by atoms with Crippen LogP contribution in [0.2, 0.25) is 0 Å². The van der Waals surface area contributed by atoms with E-state index in [0.29, 0.717) is 18.3 Å². The highest BCUT2D eigenvalue weighted by molar-refractivity contribution is 7.89. The molecule has 3 rings (SSSR count). The smallest absolute Gasteiger partial charge is 0.244 e. The zero-order chi connectivity index (χ0) is 14.7. The summed E-state index contributed by atoms with van der Waals surface area (Å²) in [5.74, 6) is 0.458. The molecule has 0 amide bonds. The minimum atomic E-state index is -3.59. The van der Waals surface area contributed by atoms with Crippen LogP contribution in [0.15, 0.2) is 34.1 Å². The fourth-order valence-corrected chi connectivity index (χ4v) is 2.80. The number of nitrogens with one attached hydrogen (secondary N) is 2. The maximum absolute atomic E-state index is 12.1. The fraction of sp³-hybridized carbons (Fsp3) is 0.500. The van der Waals surface area contributed by atoms with Crippen molar-refractivity contribution in [3.8, 4) is 0 Å². The molecule has 1 aliphatic rings. The maximum Gasteiger partial charge on any atom is 0.244 e. The van der Waals surface area contributed by atoms with Gasteiger partial charge in [0.05, 0.1) is 25.5 Å². The molecule has 0 bridgehead atoms. The van der Waals surface area contributed by atoms with Crippen LogP contribution in [0.3, 0.4) is 0 Å². The minimum absolute atomic E-state index is 0.0662. The van der Waals surface area contributed by atoms with Crippen molar-refractivity contribution in [3.63, 3.8) is 0 Å². The van der Waals surface area contributed by atoms with E-state index in [1.54, 1.807) is 10.7 Å². The average Bonchev–Trinajstić information content (AvgIpc) is 2.94. The standard InChI is InChI=1S/C12H17N5O3S/c18-21(19,16-7-11-3-4-15-20-11)12-8-14-17(9-12)6-5-13-10-1-2-10/h3-4,8-10,13,16H,1-2,5-7H2. The van der Waals surface area contributed by atoms with Crippen molar-refractivity contribution in [3.05, 3.63) is 30.4 Å². The van der Waals surface area contributed by atoms with Gasteiger partial charge in [-0.2, -0.15) is 5.10 Å². The maximum atomic E-state index is 12.1. The molecule has 0 atom stereocenters. The molecular formula is C12H17N5O3S. The average molecular weight is 311 g/mol. The normalized spacial score (nSPS) is 15.4. The Kier molecular flexibility index (Phi) is 4.04. The molecule has 2 aromatic heterocycles. The molecule has 21 heavy (non-hydrogen) atoms. The molecule has 1 fully saturated rings. The van der Waals surface area contributed by atoms with Gasteiger partial charge in [-0.1, -0.05) is 5.16 Å². The van der Waals surface area contributed by atoms with Crippen LogP contribution in [0, 0.1) is 0 Å². The molecule has 0 spiro atoms. The topological polar surface area (TPSA) is 102 Å². The number of hydrogen-bond acceptors (Lipinski definition) is 6. The highest BCUT2D eigenvalue weighted by atomic mass is 32.2. The van der Waals surface area contributed by atoms with Crippen LogP contribution in [-0.4, -0.2) is 35.9 Å². The van der Waals surface area contributed by atoms with Gasteiger partial charge in [0.1, 0.15) is 4.90 Å². The lowest BCUT2D eigenvalue weighted by atomic mass is 10.5. The summed E-state index contributed by atoms with van der Waals surface area (Å²) in [6.07, 6.45) is 6.79. The minimum Gasteiger partial charge on any atom is -0.360 e. The van der Waals surface area contributed by atoms with Gasteiger partial charge < -0.3 is 9.84 Å². The second-order valence-corrected chi connectivity index (χ2v) is 6.74. The Morgan fingerprint density at radius 1 is 1.43 bits per heavy atom. The van der Waals surface area contributed by atoms with E-state index in [-0.39, 0.29) is 11.4 Å². The monoisotopic (exact) mass is 311 g/mol. The van der Waals surface area contributed by atoms with Gasteiger partial charge in [0.25, 0.3) is 0 Å². The molecule has 9 heteroatoms. The molecular weight excluding hydrogens is 294 g/mol. The third-order valence-corrected chi connectivity index (χ3v) is 4.55. The Hall–Kier alpha value is -1.71. The van der Waals surface area contributed by atoms with Gasteiger partial charge in [-0.25, -0.2) is 13.1 Å². The molecule has 8 nitrogen and oxygen atoms in total. The van der Waals surface area contributed by atoms with Crippen LogP contribution in [0.25, 0.3) is 0 Å². The van der Waals surface area contributed by atoms with Crippen LogP contribution in [0.5, 0.6) is 0 Å². The summed E-state index contributed by atoms with van der Waals surface area (Å²) in [5.41, 5.74) is 0. The first-order valence-corrected chi connectivity index (χ1v) is 8.27. The first-order valence-electron chi connectivity index (χ1n) is 6.78. The Morgan fingerprint density at radius 3 is 3.00 bits per heavy atom. The molecule has 2 aromatic rings. The van der Waals surface area contributed by atoms with Crippen molar-refractivity contribution in [1.29, 1.82) is 0 Å². The highest BCUT2D eigenvalue weighted by Crippen LogP contribution is 2.18. The van der Waals surface area contributed by atoms with Crippen LogP contribution in [-0.2, 0) is 23.1 Å². The number of nitrogens with zero attached hydrogens (tertiary/aromatic N) is 3. The van der Waals surface area contributed by atoms with E-state index in [1.165, 1.54) is 31.4 Å². The van der Waals surface area contributed by atoms with E-state index in [1.807, 2.05) is 0 Å².